The van der Waals surface area contributed by atoms with Crippen molar-refractivity contribution in [2.24, 2.45) is 0 Å². The van der Waals surface area contributed by atoms with E-state index in [0.717, 1.165) is 12.1 Å². The van der Waals surface area contributed by atoms with Crippen LogP contribution in [0.25, 0.3) is 0 Å². The zero-order valence-electron chi connectivity index (χ0n) is 10.5. The third-order valence-electron chi connectivity index (χ3n) is 2.59. The van der Waals surface area contributed by atoms with Crippen molar-refractivity contribution in [1.29, 1.82) is 5.26 Å². The molecule has 0 amide bonds. The molecule has 0 radical (unpaired) electrons. The fourth-order valence-corrected chi connectivity index (χ4v) is 2.94. The Labute approximate surface area is 125 Å². The molecule has 2 aromatic carbocycles. The van der Waals surface area contributed by atoms with Crippen LogP contribution in [0.15, 0.2) is 41.3 Å². The summed E-state index contributed by atoms with van der Waals surface area (Å²) in [7, 11) is -4.20. The van der Waals surface area contributed by atoms with Crippen LogP contribution in [0.4, 0.5) is 15.8 Å². The summed E-state index contributed by atoms with van der Waals surface area (Å²) in [5.41, 5.74) is 5.52. The van der Waals surface area contributed by atoms with Gasteiger partial charge in [-0.05, 0) is 36.4 Å². The van der Waals surface area contributed by atoms with Gasteiger partial charge in [0.25, 0.3) is 10.0 Å². The molecule has 108 valence electrons. The van der Waals surface area contributed by atoms with Crippen LogP contribution in [-0.4, -0.2) is 8.42 Å². The van der Waals surface area contributed by atoms with Gasteiger partial charge >= 0.3 is 0 Å². The highest BCUT2D eigenvalue weighted by Gasteiger charge is 2.20. The lowest BCUT2D eigenvalue weighted by Crippen LogP contribution is -2.15. The lowest BCUT2D eigenvalue weighted by molar-refractivity contribution is 0.571. The number of nitrogens with one attached hydrogen (secondary N) is 1. The molecular formula is C13H9ClFN3O2S. The van der Waals surface area contributed by atoms with Gasteiger partial charge < -0.3 is 5.73 Å². The topological polar surface area (TPSA) is 96.0 Å². The van der Waals surface area contributed by atoms with Crippen molar-refractivity contribution in [3.63, 3.8) is 0 Å². The number of hydrogen-bond donors (Lipinski definition) is 2. The summed E-state index contributed by atoms with van der Waals surface area (Å²) in [5.74, 6) is -0.983. The van der Waals surface area contributed by atoms with E-state index in [4.69, 9.17) is 22.6 Å². The van der Waals surface area contributed by atoms with Gasteiger partial charge in [-0.15, -0.1) is 0 Å². The molecule has 2 rings (SSSR count). The van der Waals surface area contributed by atoms with Crippen molar-refractivity contribution in [2.75, 3.05) is 10.5 Å². The highest BCUT2D eigenvalue weighted by Crippen LogP contribution is 2.25. The molecule has 3 N–H and O–H groups in total. The number of anilines is 2. The lowest BCUT2D eigenvalue weighted by Gasteiger charge is -2.10. The van der Waals surface area contributed by atoms with Gasteiger partial charge in [-0.3, -0.25) is 4.72 Å². The second kappa shape index (κ2) is 5.60. The average Bonchev–Trinajstić information content (AvgIpc) is 2.37. The number of nitrogen functional groups attached to an aromatic ring is 1. The summed E-state index contributed by atoms with van der Waals surface area (Å²) >= 11 is 5.77. The Hall–Kier alpha value is -2.30. The van der Waals surface area contributed by atoms with Gasteiger partial charge in [-0.1, -0.05) is 11.6 Å². The smallest absolute Gasteiger partial charge is 0.264 e. The van der Waals surface area contributed by atoms with Gasteiger partial charge in [-0.2, -0.15) is 5.26 Å². The Balaban J connectivity index is 2.47. The SMILES string of the molecule is N#Cc1ccc(Cl)cc1NS(=O)(=O)c1ccc(N)cc1F. The van der Waals surface area contributed by atoms with E-state index in [0.29, 0.717) is 0 Å². The minimum Gasteiger partial charge on any atom is -0.399 e. The number of nitrogens with zero attached hydrogens (tertiary/aromatic N) is 1. The van der Waals surface area contributed by atoms with Crippen LogP contribution in [0, 0.1) is 17.1 Å². The van der Waals surface area contributed by atoms with Crippen LogP contribution in [0.1, 0.15) is 5.56 Å². The largest absolute Gasteiger partial charge is 0.399 e. The van der Waals surface area contributed by atoms with E-state index in [1.165, 1.54) is 24.3 Å². The van der Waals surface area contributed by atoms with E-state index in [1.54, 1.807) is 0 Å². The van der Waals surface area contributed by atoms with Crippen molar-refractivity contribution in [3.8, 4) is 6.07 Å². The average molecular weight is 326 g/mol. The third kappa shape index (κ3) is 3.24. The molecule has 0 spiro atoms. The van der Waals surface area contributed by atoms with Gasteiger partial charge in [0.2, 0.25) is 0 Å². The number of hydrogen-bond acceptors (Lipinski definition) is 4. The van der Waals surface area contributed by atoms with E-state index in [2.05, 4.69) is 4.72 Å². The predicted molar refractivity (Wildman–Crippen MR) is 77.8 cm³/mol. The fraction of sp³-hybridized carbons (Fsp3) is 0. The van der Waals surface area contributed by atoms with E-state index in [1.807, 2.05) is 6.07 Å². The first-order valence-corrected chi connectivity index (χ1v) is 7.47. The highest BCUT2D eigenvalue weighted by molar-refractivity contribution is 7.92. The standard InChI is InChI=1S/C13H9ClFN3O2S/c14-9-2-1-8(7-16)12(5-9)18-21(19,20)13-4-3-10(17)6-11(13)15/h1-6,18H,17H2. The quantitative estimate of drug-likeness (QED) is 0.848. The van der Waals surface area contributed by atoms with Crippen molar-refractivity contribution in [3.05, 3.63) is 52.8 Å². The molecule has 0 aliphatic heterocycles. The first-order chi connectivity index (χ1) is 9.83. The summed E-state index contributed by atoms with van der Waals surface area (Å²) in [6.45, 7) is 0. The monoisotopic (exact) mass is 325 g/mol. The molecule has 0 fully saturated rings. The van der Waals surface area contributed by atoms with Gasteiger partial charge in [0.1, 0.15) is 16.8 Å². The Morgan fingerprint density at radius 3 is 2.57 bits per heavy atom. The molecule has 2 aromatic rings. The first kappa shape index (κ1) is 15.1. The minimum absolute atomic E-state index is 0.0266. The third-order valence-corrected chi connectivity index (χ3v) is 4.23. The Morgan fingerprint density at radius 2 is 1.95 bits per heavy atom. The van der Waals surface area contributed by atoms with Crippen molar-refractivity contribution in [1.82, 2.24) is 0 Å². The van der Waals surface area contributed by atoms with Crippen molar-refractivity contribution < 1.29 is 12.8 Å². The molecule has 0 saturated heterocycles. The summed E-state index contributed by atoms with van der Waals surface area (Å²) in [6, 6.07) is 9.11. The number of halogens is 2. The zero-order chi connectivity index (χ0) is 15.6. The summed E-state index contributed by atoms with van der Waals surface area (Å²) in [4.78, 5) is -0.569. The molecule has 0 saturated carbocycles. The van der Waals surface area contributed by atoms with Gasteiger partial charge in [0.05, 0.1) is 11.3 Å². The van der Waals surface area contributed by atoms with Gasteiger partial charge in [0, 0.05) is 10.7 Å². The van der Waals surface area contributed by atoms with Gasteiger partial charge in [-0.25, -0.2) is 12.8 Å². The highest BCUT2D eigenvalue weighted by atomic mass is 35.5. The van der Waals surface area contributed by atoms with Crippen LogP contribution in [0.5, 0.6) is 0 Å². The van der Waals surface area contributed by atoms with Gasteiger partial charge in [0.15, 0.2) is 0 Å². The summed E-state index contributed by atoms with van der Waals surface area (Å²) in [5, 5.41) is 9.19. The maximum atomic E-state index is 13.7. The normalized spacial score (nSPS) is 10.9. The molecule has 0 heterocycles. The molecule has 0 aliphatic carbocycles. The molecule has 21 heavy (non-hydrogen) atoms. The summed E-state index contributed by atoms with van der Waals surface area (Å²) in [6.07, 6.45) is 0. The van der Waals surface area contributed by atoms with Crippen molar-refractivity contribution in [2.45, 2.75) is 4.90 Å². The molecule has 0 bridgehead atoms. The predicted octanol–water partition coefficient (Wildman–Crippen LogP) is 2.73. The van der Waals surface area contributed by atoms with Crippen molar-refractivity contribution >= 4 is 33.0 Å². The number of benzene rings is 2. The summed E-state index contributed by atoms with van der Waals surface area (Å²) < 4.78 is 40.2. The van der Waals surface area contributed by atoms with E-state index in [-0.39, 0.29) is 22.0 Å². The molecule has 0 aromatic heterocycles. The maximum absolute atomic E-state index is 13.7. The van der Waals surface area contributed by atoms with Crippen LogP contribution in [-0.2, 0) is 10.0 Å². The Morgan fingerprint density at radius 1 is 1.24 bits per heavy atom. The lowest BCUT2D eigenvalue weighted by atomic mass is 10.2. The molecular weight excluding hydrogens is 317 g/mol. The number of nitrogens with two attached hydrogens (primary N) is 1. The maximum Gasteiger partial charge on any atom is 0.264 e. The molecule has 0 unspecified atom stereocenters. The Kier molecular flexibility index (Phi) is 4.02. The van der Waals surface area contributed by atoms with Crippen LogP contribution < -0.4 is 10.5 Å². The van der Waals surface area contributed by atoms with Crippen LogP contribution in [0.2, 0.25) is 5.02 Å². The van der Waals surface area contributed by atoms with E-state index in [9.17, 15) is 12.8 Å². The zero-order valence-corrected chi connectivity index (χ0v) is 12.0. The number of nitriles is 1. The fourth-order valence-electron chi connectivity index (χ4n) is 1.63. The minimum atomic E-state index is -4.20. The second-order valence-corrected chi connectivity index (χ2v) is 6.18. The molecule has 8 heteroatoms. The Bertz CT molecular complexity index is 847. The number of rotatable bonds is 3. The van der Waals surface area contributed by atoms with Crippen LogP contribution >= 0.6 is 11.6 Å². The molecule has 5 nitrogen and oxygen atoms in total. The van der Waals surface area contributed by atoms with Crippen LogP contribution in [0.3, 0.4) is 0 Å². The molecule has 0 atom stereocenters. The first-order valence-electron chi connectivity index (χ1n) is 5.61. The van der Waals surface area contributed by atoms with E-state index >= 15 is 0 Å². The molecule has 0 aliphatic rings. The second-order valence-electron chi connectivity index (χ2n) is 4.10. The number of sulfonamides is 1. The van der Waals surface area contributed by atoms with E-state index < -0.39 is 20.7 Å².